The number of hydrogen-bond donors (Lipinski definition) is 3. The Hall–Kier alpha value is -6.40. The van der Waals surface area contributed by atoms with Crippen molar-refractivity contribution in [3.05, 3.63) is 145 Å². The van der Waals surface area contributed by atoms with Crippen LogP contribution in [0.3, 0.4) is 0 Å². The zero-order chi connectivity index (χ0) is 32.1. The Balaban J connectivity index is 1.18. The van der Waals surface area contributed by atoms with E-state index in [1.165, 1.54) is 65.2 Å². The van der Waals surface area contributed by atoms with Gasteiger partial charge in [-0.2, -0.15) is 0 Å². The fourth-order valence-electron chi connectivity index (χ4n) is 8.22. The fraction of sp³-hybridized carbons (Fsp3) is 0.0698. The molecule has 3 N–H and O–H groups in total. The van der Waals surface area contributed by atoms with Crippen molar-refractivity contribution >= 4 is 77.5 Å². The first-order valence-electron chi connectivity index (χ1n) is 16.9. The van der Waals surface area contributed by atoms with E-state index in [0.717, 1.165) is 47.0 Å². The number of aliphatic imine (C=N–C) groups is 2. The molecular formula is C43H30N6. The van der Waals surface area contributed by atoms with E-state index >= 15 is 0 Å². The van der Waals surface area contributed by atoms with Crippen molar-refractivity contribution in [2.24, 2.45) is 9.98 Å². The molecule has 11 rings (SSSR count). The van der Waals surface area contributed by atoms with E-state index in [1.54, 1.807) is 6.34 Å². The molecule has 0 bridgehead atoms. The highest BCUT2D eigenvalue weighted by atomic mass is 15.3. The number of hydrogen-bond acceptors (Lipinski definition) is 5. The van der Waals surface area contributed by atoms with Crippen LogP contribution in [0.15, 0.2) is 154 Å². The van der Waals surface area contributed by atoms with Crippen LogP contribution in [0.2, 0.25) is 0 Å². The SMILES string of the molecule is C1=CC(C2=C(Nc3ccccc3-c3cc4c(c5ccccc35)c3cccc5c6cc7ccccc7cc6n4c53)N=C3N=CNC3N2)=CCC1. The van der Waals surface area contributed by atoms with Crippen molar-refractivity contribution in [1.82, 2.24) is 15.0 Å². The Labute approximate surface area is 281 Å². The number of fused-ring (bicyclic) bond motifs is 10. The fourth-order valence-corrected chi connectivity index (χ4v) is 8.22. The average Bonchev–Trinajstić information content (AvgIpc) is 3.85. The molecule has 232 valence electrons. The summed E-state index contributed by atoms with van der Waals surface area (Å²) < 4.78 is 2.50. The van der Waals surface area contributed by atoms with Gasteiger partial charge in [-0.15, -0.1) is 0 Å². The van der Waals surface area contributed by atoms with Crippen molar-refractivity contribution in [3.63, 3.8) is 0 Å². The molecule has 6 nitrogen and oxygen atoms in total. The van der Waals surface area contributed by atoms with Gasteiger partial charge in [0.25, 0.3) is 0 Å². The summed E-state index contributed by atoms with van der Waals surface area (Å²) in [5, 5.41) is 20.8. The van der Waals surface area contributed by atoms with Crippen LogP contribution in [0.4, 0.5) is 5.69 Å². The summed E-state index contributed by atoms with van der Waals surface area (Å²) in [5.74, 6) is 1.49. The Kier molecular flexibility index (Phi) is 5.47. The predicted octanol–water partition coefficient (Wildman–Crippen LogP) is 9.63. The molecule has 4 heterocycles. The smallest absolute Gasteiger partial charge is 0.175 e. The minimum atomic E-state index is -0.139. The first-order valence-corrected chi connectivity index (χ1v) is 16.9. The summed E-state index contributed by atoms with van der Waals surface area (Å²) in [5.41, 5.74) is 9.13. The van der Waals surface area contributed by atoms with E-state index in [4.69, 9.17) is 4.99 Å². The molecule has 1 atom stereocenters. The van der Waals surface area contributed by atoms with Crippen LogP contribution in [-0.2, 0) is 0 Å². The predicted molar refractivity (Wildman–Crippen MR) is 205 cm³/mol. The minimum absolute atomic E-state index is 0.139. The van der Waals surface area contributed by atoms with Crippen LogP contribution < -0.4 is 16.0 Å². The molecule has 2 aromatic heterocycles. The number of para-hydroxylation sites is 2. The molecule has 0 saturated heterocycles. The number of anilines is 1. The first kappa shape index (κ1) is 26.6. The second-order valence-electron chi connectivity index (χ2n) is 13.1. The average molecular weight is 631 g/mol. The van der Waals surface area contributed by atoms with E-state index in [9.17, 15) is 0 Å². The summed E-state index contributed by atoms with van der Waals surface area (Å²) in [6, 6.07) is 40.0. The van der Waals surface area contributed by atoms with Gasteiger partial charge in [0.15, 0.2) is 17.8 Å². The van der Waals surface area contributed by atoms with Crippen molar-refractivity contribution in [2.75, 3.05) is 5.32 Å². The number of aromatic nitrogens is 1. The van der Waals surface area contributed by atoms with Gasteiger partial charge < -0.3 is 20.4 Å². The standard InChI is InChI=1S/C43H30N6/c1-2-11-25(12-3-1)39-41(48-43-42(47-39)44-24-45-43)46-35-20-9-8-16-29(35)33-23-37-38(30-17-7-6-15-28(30)33)32-19-10-18-31-34-21-26-13-4-5-14-27(26)22-36(34)49(37)40(31)32/h2,4-24,42,46-47H,1,3H2,(H,44,45,48). The third kappa shape index (κ3) is 3.82. The Morgan fingerprint density at radius 1 is 0.694 bits per heavy atom. The molecule has 6 heteroatoms. The second-order valence-corrected chi connectivity index (χ2v) is 13.1. The molecule has 0 saturated carbocycles. The van der Waals surface area contributed by atoms with Gasteiger partial charge in [-0.05, 0) is 69.8 Å². The van der Waals surface area contributed by atoms with Gasteiger partial charge in [0.2, 0.25) is 0 Å². The van der Waals surface area contributed by atoms with Gasteiger partial charge in [-0.3, -0.25) is 0 Å². The molecule has 0 spiro atoms. The van der Waals surface area contributed by atoms with Gasteiger partial charge in [0.1, 0.15) is 0 Å². The van der Waals surface area contributed by atoms with E-state index in [-0.39, 0.29) is 6.17 Å². The number of nitrogens with zero attached hydrogens (tertiary/aromatic N) is 3. The van der Waals surface area contributed by atoms with E-state index in [1.807, 2.05) is 0 Å². The number of rotatable bonds is 4. The van der Waals surface area contributed by atoms with Crippen LogP contribution in [0, 0.1) is 0 Å². The molecule has 0 amide bonds. The highest BCUT2D eigenvalue weighted by Gasteiger charge is 2.28. The van der Waals surface area contributed by atoms with Crippen molar-refractivity contribution in [3.8, 4) is 11.1 Å². The molecule has 1 unspecified atom stereocenters. The summed E-state index contributed by atoms with van der Waals surface area (Å²) in [7, 11) is 0. The van der Waals surface area contributed by atoms with Gasteiger partial charge in [-0.1, -0.05) is 103 Å². The Morgan fingerprint density at radius 2 is 1.49 bits per heavy atom. The zero-order valence-electron chi connectivity index (χ0n) is 26.5. The van der Waals surface area contributed by atoms with Crippen molar-refractivity contribution in [2.45, 2.75) is 19.0 Å². The summed E-state index contributed by atoms with van der Waals surface area (Å²) in [6.07, 6.45) is 10.3. The maximum atomic E-state index is 5.04. The topological polar surface area (TPSA) is 65.2 Å². The Bertz CT molecular complexity index is 2860. The highest BCUT2D eigenvalue weighted by Crippen LogP contribution is 2.46. The molecule has 1 aliphatic carbocycles. The molecule has 49 heavy (non-hydrogen) atoms. The molecular weight excluding hydrogens is 601 g/mol. The van der Waals surface area contributed by atoms with Crippen LogP contribution >= 0.6 is 0 Å². The third-order valence-corrected chi connectivity index (χ3v) is 10.4. The normalized spacial score (nSPS) is 17.3. The minimum Gasteiger partial charge on any atom is -0.356 e. The van der Waals surface area contributed by atoms with E-state index in [0.29, 0.717) is 0 Å². The van der Waals surface area contributed by atoms with Crippen LogP contribution in [0.1, 0.15) is 12.8 Å². The van der Waals surface area contributed by atoms with Gasteiger partial charge in [-0.25, -0.2) is 9.98 Å². The molecule has 0 radical (unpaired) electrons. The van der Waals surface area contributed by atoms with Gasteiger partial charge >= 0.3 is 0 Å². The van der Waals surface area contributed by atoms with Crippen LogP contribution in [0.25, 0.3) is 70.8 Å². The van der Waals surface area contributed by atoms with Crippen molar-refractivity contribution < 1.29 is 0 Å². The Morgan fingerprint density at radius 3 is 2.39 bits per heavy atom. The lowest BCUT2D eigenvalue weighted by atomic mass is 9.93. The third-order valence-electron chi connectivity index (χ3n) is 10.4. The molecule has 8 aromatic rings. The molecule has 6 aromatic carbocycles. The molecule has 2 aliphatic heterocycles. The number of benzene rings is 6. The van der Waals surface area contributed by atoms with E-state index < -0.39 is 0 Å². The summed E-state index contributed by atoms with van der Waals surface area (Å²) in [6.45, 7) is 0. The summed E-state index contributed by atoms with van der Waals surface area (Å²) in [4.78, 5) is 9.54. The molecule has 0 fully saturated rings. The monoisotopic (exact) mass is 630 g/mol. The highest BCUT2D eigenvalue weighted by molar-refractivity contribution is 6.31. The number of nitrogens with one attached hydrogen (secondary N) is 3. The lowest BCUT2D eigenvalue weighted by molar-refractivity contribution is 0.669. The van der Waals surface area contributed by atoms with Crippen LogP contribution in [-0.4, -0.2) is 22.7 Å². The molecule has 3 aliphatic rings. The zero-order valence-corrected chi connectivity index (χ0v) is 26.5. The lowest BCUT2D eigenvalue weighted by Gasteiger charge is -2.27. The second kappa shape index (κ2) is 10.1. The quantitative estimate of drug-likeness (QED) is 0.181. The number of allylic oxidation sites excluding steroid dienone is 3. The largest absolute Gasteiger partial charge is 0.356 e. The lowest BCUT2D eigenvalue weighted by Crippen LogP contribution is -2.45. The maximum absolute atomic E-state index is 5.04. The maximum Gasteiger partial charge on any atom is 0.175 e. The van der Waals surface area contributed by atoms with Gasteiger partial charge in [0, 0.05) is 32.8 Å². The number of amidine groups is 1. The van der Waals surface area contributed by atoms with Gasteiger partial charge in [0.05, 0.1) is 28.6 Å². The van der Waals surface area contributed by atoms with E-state index in [2.05, 4.69) is 153 Å². The first-order chi connectivity index (χ1) is 24.3. The van der Waals surface area contributed by atoms with Crippen LogP contribution in [0.5, 0.6) is 0 Å². The van der Waals surface area contributed by atoms with Crippen molar-refractivity contribution in [1.29, 1.82) is 0 Å². The summed E-state index contributed by atoms with van der Waals surface area (Å²) >= 11 is 0.